The van der Waals surface area contributed by atoms with E-state index >= 15 is 0 Å². The van der Waals surface area contributed by atoms with Crippen LogP contribution in [-0.2, 0) is 32.4 Å². The molecule has 0 amide bonds. The molecule has 0 spiro atoms. The minimum atomic E-state index is 0.622. The largest absolute Gasteiger partial charge is 0.248 e. The number of hydrogen-bond donors (Lipinski definition) is 0. The summed E-state index contributed by atoms with van der Waals surface area (Å²) in [6, 6.07) is 4.61. The summed E-state index contributed by atoms with van der Waals surface area (Å²) >= 11 is 0. The van der Waals surface area contributed by atoms with Gasteiger partial charge in [-0.2, -0.15) is 10.2 Å². The van der Waals surface area contributed by atoms with E-state index in [2.05, 4.69) is 76.9 Å². The van der Waals surface area contributed by atoms with Crippen molar-refractivity contribution in [3.05, 3.63) is 34.9 Å². The summed E-state index contributed by atoms with van der Waals surface area (Å²) in [6.07, 6.45) is 4.19. The Morgan fingerprint density at radius 3 is 1.22 bits per heavy atom. The van der Waals surface area contributed by atoms with Crippen molar-refractivity contribution in [2.75, 3.05) is 0 Å². The first kappa shape index (κ1) is 21.7. The molecule has 0 saturated carbocycles. The zero-order valence-electron chi connectivity index (χ0n) is 18.8. The molecule has 2 aromatic rings. The van der Waals surface area contributed by atoms with E-state index in [1.165, 1.54) is 22.8 Å². The van der Waals surface area contributed by atoms with Gasteiger partial charge < -0.3 is 0 Å². The van der Waals surface area contributed by atoms with Crippen LogP contribution in [0.4, 0.5) is 0 Å². The molecule has 0 unspecified atom stereocenters. The van der Waals surface area contributed by atoms with E-state index < -0.39 is 0 Å². The maximum atomic E-state index is 4.94. The number of aromatic nitrogens is 4. The molecule has 0 N–H and O–H groups in total. The molecule has 2 heterocycles. The summed E-state index contributed by atoms with van der Waals surface area (Å²) in [5.74, 6) is 2.49. The van der Waals surface area contributed by atoms with Gasteiger partial charge in [-0.3, -0.25) is 0 Å². The second-order valence-electron chi connectivity index (χ2n) is 9.79. The van der Waals surface area contributed by atoms with Crippen LogP contribution in [0.5, 0.6) is 0 Å². The molecule has 0 fully saturated rings. The van der Waals surface area contributed by atoms with Gasteiger partial charge in [0.2, 0.25) is 0 Å². The fourth-order valence-corrected chi connectivity index (χ4v) is 3.60. The van der Waals surface area contributed by atoms with Gasteiger partial charge in [0.15, 0.2) is 0 Å². The summed E-state index contributed by atoms with van der Waals surface area (Å²) in [5.41, 5.74) is 5.08. The molecule has 4 heteroatoms. The zero-order valence-corrected chi connectivity index (χ0v) is 18.8. The Balaban J connectivity index is 2.32. The second kappa shape index (κ2) is 9.57. The van der Waals surface area contributed by atoms with Crippen LogP contribution in [0.3, 0.4) is 0 Å². The molecule has 27 heavy (non-hydrogen) atoms. The van der Waals surface area contributed by atoms with Crippen molar-refractivity contribution < 1.29 is 0 Å². The molecule has 0 bridgehead atoms. The predicted octanol–water partition coefficient (Wildman–Crippen LogP) is 5.38. The van der Waals surface area contributed by atoms with Crippen molar-refractivity contribution in [1.29, 1.82) is 0 Å². The molecule has 2 aromatic heterocycles. The smallest absolute Gasteiger partial charge is 0.133 e. The summed E-state index contributed by atoms with van der Waals surface area (Å²) in [6.45, 7) is 18.9. The fraction of sp³-hybridized carbons (Fsp3) is 0.739. The van der Waals surface area contributed by atoms with Gasteiger partial charge in [0.05, 0.1) is 11.4 Å². The van der Waals surface area contributed by atoms with Gasteiger partial charge in [0.25, 0.3) is 0 Å². The van der Waals surface area contributed by atoms with E-state index in [4.69, 9.17) is 10.2 Å². The fourth-order valence-electron chi connectivity index (χ4n) is 3.60. The molecule has 152 valence electrons. The number of hydrogen-bond acceptors (Lipinski definition) is 2. The standard InChI is InChI=1S/C23H40N4/c1-16(2)9-20-13-22(11-18(5)6)26(24-20)15-27-23(12-19(7)8)14-21(25-27)10-17(3)4/h13-14,16-19H,9-12,15H2,1-8H3. The van der Waals surface area contributed by atoms with Gasteiger partial charge in [-0.25, -0.2) is 9.36 Å². The summed E-state index contributed by atoms with van der Waals surface area (Å²) in [4.78, 5) is 0. The number of rotatable bonds is 10. The van der Waals surface area contributed by atoms with Crippen LogP contribution in [-0.4, -0.2) is 19.6 Å². The highest BCUT2D eigenvalue weighted by Crippen LogP contribution is 2.17. The van der Waals surface area contributed by atoms with E-state index in [1.807, 2.05) is 0 Å². The van der Waals surface area contributed by atoms with Crippen molar-refractivity contribution in [1.82, 2.24) is 19.6 Å². The van der Waals surface area contributed by atoms with Crippen molar-refractivity contribution in [2.45, 2.75) is 87.7 Å². The van der Waals surface area contributed by atoms with Gasteiger partial charge >= 0.3 is 0 Å². The Bertz CT molecular complexity index is 644. The van der Waals surface area contributed by atoms with E-state index in [9.17, 15) is 0 Å². The lowest BCUT2D eigenvalue weighted by Crippen LogP contribution is -2.18. The topological polar surface area (TPSA) is 35.6 Å². The Morgan fingerprint density at radius 1 is 0.593 bits per heavy atom. The first-order chi connectivity index (χ1) is 12.6. The van der Waals surface area contributed by atoms with Crippen LogP contribution in [0.25, 0.3) is 0 Å². The molecular formula is C23H40N4. The van der Waals surface area contributed by atoms with Gasteiger partial charge in [-0.15, -0.1) is 0 Å². The molecule has 0 aliphatic carbocycles. The lowest BCUT2D eigenvalue weighted by atomic mass is 10.1. The Labute approximate surface area is 166 Å². The van der Waals surface area contributed by atoms with Crippen LogP contribution in [0, 0.1) is 23.7 Å². The van der Waals surface area contributed by atoms with E-state index in [0.717, 1.165) is 32.4 Å². The van der Waals surface area contributed by atoms with Crippen molar-refractivity contribution in [3.8, 4) is 0 Å². The third-order valence-electron chi connectivity index (χ3n) is 4.57. The molecular weight excluding hydrogens is 332 g/mol. The third kappa shape index (κ3) is 6.82. The molecule has 0 aliphatic rings. The Hall–Kier alpha value is -1.58. The highest BCUT2D eigenvalue weighted by atomic mass is 15.4. The first-order valence-corrected chi connectivity index (χ1v) is 10.7. The van der Waals surface area contributed by atoms with Crippen molar-refractivity contribution in [2.24, 2.45) is 23.7 Å². The summed E-state index contributed by atoms with van der Waals surface area (Å²) in [5, 5.41) is 9.89. The van der Waals surface area contributed by atoms with Gasteiger partial charge in [-0.1, -0.05) is 55.4 Å². The molecule has 0 aromatic carbocycles. The van der Waals surface area contributed by atoms with Crippen LogP contribution in [0.15, 0.2) is 12.1 Å². The zero-order chi connectivity index (χ0) is 20.1. The third-order valence-corrected chi connectivity index (χ3v) is 4.57. The molecule has 2 rings (SSSR count). The lowest BCUT2D eigenvalue weighted by Gasteiger charge is -2.13. The van der Waals surface area contributed by atoms with E-state index in [1.54, 1.807) is 0 Å². The minimum Gasteiger partial charge on any atom is -0.248 e. The Morgan fingerprint density at radius 2 is 0.926 bits per heavy atom. The van der Waals surface area contributed by atoms with Crippen LogP contribution < -0.4 is 0 Å². The van der Waals surface area contributed by atoms with Crippen LogP contribution >= 0.6 is 0 Å². The van der Waals surface area contributed by atoms with Crippen molar-refractivity contribution in [3.63, 3.8) is 0 Å². The summed E-state index contributed by atoms with van der Waals surface area (Å²) < 4.78 is 4.38. The maximum Gasteiger partial charge on any atom is 0.133 e. The van der Waals surface area contributed by atoms with E-state index in [-0.39, 0.29) is 0 Å². The molecule has 0 saturated heterocycles. The normalized spacial score (nSPS) is 12.3. The molecule has 0 aliphatic heterocycles. The minimum absolute atomic E-state index is 0.622. The molecule has 0 atom stereocenters. The molecule has 4 nitrogen and oxygen atoms in total. The molecule has 0 radical (unpaired) electrons. The highest BCUT2D eigenvalue weighted by molar-refractivity contribution is 5.14. The average Bonchev–Trinajstić information content (AvgIpc) is 3.01. The SMILES string of the molecule is CC(C)Cc1cc(CC(C)C)n(Cn2nc(CC(C)C)cc2CC(C)C)n1. The highest BCUT2D eigenvalue weighted by Gasteiger charge is 2.15. The predicted molar refractivity (Wildman–Crippen MR) is 114 cm³/mol. The first-order valence-electron chi connectivity index (χ1n) is 10.7. The lowest BCUT2D eigenvalue weighted by molar-refractivity contribution is 0.443. The van der Waals surface area contributed by atoms with Gasteiger partial charge in [-0.05, 0) is 61.5 Å². The van der Waals surface area contributed by atoms with Crippen LogP contribution in [0.2, 0.25) is 0 Å². The maximum absolute atomic E-state index is 4.94. The Kier molecular flexibility index (Phi) is 7.69. The quantitative estimate of drug-likeness (QED) is 0.561. The van der Waals surface area contributed by atoms with E-state index in [0.29, 0.717) is 23.7 Å². The average molecular weight is 373 g/mol. The second-order valence-corrected chi connectivity index (χ2v) is 9.79. The monoisotopic (exact) mass is 372 g/mol. The summed E-state index contributed by atoms with van der Waals surface area (Å²) in [7, 11) is 0. The number of nitrogens with zero attached hydrogens (tertiary/aromatic N) is 4. The van der Waals surface area contributed by atoms with Gasteiger partial charge in [0, 0.05) is 11.4 Å². The van der Waals surface area contributed by atoms with Crippen molar-refractivity contribution >= 4 is 0 Å². The van der Waals surface area contributed by atoms with Crippen LogP contribution in [0.1, 0.15) is 78.2 Å². The van der Waals surface area contributed by atoms with Gasteiger partial charge in [0.1, 0.15) is 6.67 Å².